The van der Waals surface area contributed by atoms with Gasteiger partial charge in [-0.2, -0.15) is 0 Å². The number of rotatable bonds is 6. The van der Waals surface area contributed by atoms with Crippen molar-refractivity contribution in [1.29, 1.82) is 0 Å². The summed E-state index contributed by atoms with van der Waals surface area (Å²) in [5, 5.41) is 11.8. The SMILES string of the molecule is COc1cccc(C2(Cn3cnnn3)CCCN(c3ccccc3OC)CC2)c1. The highest BCUT2D eigenvalue weighted by atomic mass is 16.5. The zero-order valence-electron chi connectivity index (χ0n) is 17.0. The van der Waals surface area contributed by atoms with E-state index in [1.807, 2.05) is 22.9 Å². The number of para-hydroxylation sites is 2. The van der Waals surface area contributed by atoms with E-state index in [4.69, 9.17) is 9.47 Å². The highest BCUT2D eigenvalue weighted by Gasteiger charge is 2.36. The van der Waals surface area contributed by atoms with E-state index in [0.29, 0.717) is 0 Å². The first-order chi connectivity index (χ1) is 14.2. The molecule has 1 fully saturated rings. The Kier molecular flexibility index (Phi) is 5.64. The van der Waals surface area contributed by atoms with Crippen molar-refractivity contribution in [2.45, 2.75) is 31.2 Å². The summed E-state index contributed by atoms with van der Waals surface area (Å²) in [4.78, 5) is 2.43. The van der Waals surface area contributed by atoms with Gasteiger partial charge >= 0.3 is 0 Å². The Labute approximate surface area is 171 Å². The van der Waals surface area contributed by atoms with Gasteiger partial charge in [0.1, 0.15) is 17.8 Å². The predicted octanol–water partition coefficient (Wildman–Crippen LogP) is 3.32. The number of nitrogens with zero attached hydrogens (tertiary/aromatic N) is 5. The quantitative estimate of drug-likeness (QED) is 0.640. The summed E-state index contributed by atoms with van der Waals surface area (Å²) >= 11 is 0. The number of methoxy groups -OCH3 is 2. The number of aromatic nitrogens is 4. The Morgan fingerprint density at radius 2 is 1.90 bits per heavy atom. The minimum Gasteiger partial charge on any atom is -0.497 e. The molecule has 1 aliphatic heterocycles. The summed E-state index contributed by atoms with van der Waals surface area (Å²) in [6, 6.07) is 16.7. The average Bonchev–Trinajstić information content (AvgIpc) is 3.19. The molecule has 0 saturated carbocycles. The van der Waals surface area contributed by atoms with Crippen LogP contribution in [0.1, 0.15) is 24.8 Å². The fourth-order valence-electron chi connectivity index (χ4n) is 4.38. The Hall–Kier alpha value is -3.09. The molecule has 29 heavy (non-hydrogen) atoms. The summed E-state index contributed by atoms with van der Waals surface area (Å²) in [5.41, 5.74) is 2.36. The van der Waals surface area contributed by atoms with E-state index in [1.54, 1.807) is 20.5 Å². The third-order valence-corrected chi connectivity index (χ3v) is 5.91. The maximum atomic E-state index is 5.60. The van der Waals surface area contributed by atoms with Gasteiger partial charge in [0.2, 0.25) is 0 Å². The third-order valence-electron chi connectivity index (χ3n) is 5.91. The molecule has 0 amide bonds. The minimum atomic E-state index is -0.0688. The van der Waals surface area contributed by atoms with Crippen molar-refractivity contribution in [1.82, 2.24) is 20.2 Å². The third kappa shape index (κ3) is 4.04. The number of hydrogen-bond donors (Lipinski definition) is 0. The molecule has 0 aliphatic carbocycles. The molecule has 7 heteroatoms. The number of ether oxygens (including phenoxy) is 2. The van der Waals surface area contributed by atoms with Gasteiger partial charge in [-0.15, -0.1) is 5.10 Å². The van der Waals surface area contributed by atoms with E-state index in [1.165, 1.54) is 5.56 Å². The zero-order valence-corrected chi connectivity index (χ0v) is 17.0. The summed E-state index contributed by atoms with van der Waals surface area (Å²) in [7, 11) is 3.44. The van der Waals surface area contributed by atoms with Crippen molar-refractivity contribution < 1.29 is 9.47 Å². The van der Waals surface area contributed by atoms with Gasteiger partial charge in [-0.3, -0.25) is 0 Å². The van der Waals surface area contributed by atoms with Crippen molar-refractivity contribution in [3.05, 3.63) is 60.4 Å². The van der Waals surface area contributed by atoms with E-state index in [-0.39, 0.29) is 5.41 Å². The van der Waals surface area contributed by atoms with Crippen LogP contribution in [0.5, 0.6) is 11.5 Å². The zero-order chi connectivity index (χ0) is 20.1. The first-order valence-electron chi connectivity index (χ1n) is 9.97. The number of tetrazole rings is 1. The average molecular weight is 393 g/mol. The first kappa shape index (κ1) is 19.2. The van der Waals surface area contributed by atoms with Gasteiger partial charge in [-0.25, -0.2) is 4.68 Å². The molecule has 0 bridgehead atoms. The fraction of sp³-hybridized carbons (Fsp3) is 0.409. The lowest BCUT2D eigenvalue weighted by atomic mass is 9.74. The van der Waals surface area contributed by atoms with Crippen molar-refractivity contribution >= 4 is 5.69 Å². The highest BCUT2D eigenvalue weighted by molar-refractivity contribution is 5.58. The van der Waals surface area contributed by atoms with Crippen molar-refractivity contribution in [3.8, 4) is 11.5 Å². The van der Waals surface area contributed by atoms with E-state index in [9.17, 15) is 0 Å². The smallest absolute Gasteiger partial charge is 0.142 e. The standard InChI is InChI=1S/C22H27N5O2/c1-28-19-8-5-7-18(15-19)22(16-27-17-23-24-25-27)11-6-13-26(14-12-22)20-9-3-4-10-21(20)29-2/h3-5,7-10,15,17H,6,11-14,16H2,1-2H3. The van der Waals surface area contributed by atoms with Gasteiger partial charge in [0.25, 0.3) is 0 Å². The van der Waals surface area contributed by atoms with Crippen LogP contribution < -0.4 is 14.4 Å². The first-order valence-corrected chi connectivity index (χ1v) is 9.97. The molecule has 0 radical (unpaired) electrons. The molecule has 1 saturated heterocycles. The van der Waals surface area contributed by atoms with E-state index >= 15 is 0 Å². The van der Waals surface area contributed by atoms with Crippen LogP contribution in [-0.2, 0) is 12.0 Å². The lowest BCUT2D eigenvalue weighted by Gasteiger charge is -2.33. The molecule has 2 aromatic carbocycles. The number of anilines is 1. The Balaban J connectivity index is 1.66. The van der Waals surface area contributed by atoms with Crippen LogP contribution in [-0.4, -0.2) is 47.5 Å². The molecule has 4 rings (SSSR count). The van der Waals surface area contributed by atoms with Crippen LogP contribution in [0.4, 0.5) is 5.69 Å². The van der Waals surface area contributed by atoms with Gasteiger partial charge in [-0.05, 0) is 59.5 Å². The van der Waals surface area contributed by atoms with Gasteiger partial charge in [0, 0.05) is 18.5 Å². The van der Waals surface area contributed by atoms with Crippen LogP contribution >= 0.6 is 0 Å². The van der Waals surface area contributed by atoms with Crippen LogP contribution in [0.2, 0.25) is 0 Å². The van der Waals surface area contributed by atoms with Crippen LogP contribution in [0.25, 0.3) is 0 Å². The van der Waals surface area contributed by atoms with Crippen LogP contribution in [0, 0.1) is 0 Å². The van der Waals surface area contributed by atoms with Crippen molar-refractivity contribution in [3.63, 3.8) is 0 Å². The van der Waals surface area contributed by atoms with Crippen molar-refractivity contribution in [2.24, 2.45) is 0 Å². The molecule has 1 aromatic heterocycles. The molecule has 1 atom stereocenters. The van der Waals surface area contributed by atoms with Gasteiger partial charge < -0.3 is 14.4 Å². The molecule has 1 aliphatic rings. The highest BCUT2D eigenvalue weighted by Crippen LogP contribution is 2.40. The molecule has 1 unspecified atom stereocenters. The molecule has 0 spiro atoms. The van der Waals surface area contributed by atoms with Crippen LogP contribution in [0.3, 0.4) is 0 Å². The minimum absolute atomic E-state index is 0.0688. The molecule has 0 N–H and O–H groups in total. The Morgan fingerprint density at radius 3 is 2.69 bits per heavy atom. The summed E-state index contributed by atoms with van der Waals surface area (Å²) in [6.07, 6.45) is 4.80. The molecule has 2 heterocycles. The molecule has 7 nitrogen and oxygen atoms in total. The van der Waals surface area contributed by atoms with Gasteiger partial charge in [0.15, 0.2) is 0 Å². The van der Waals surface area contributed by atoms with Gasteiger partial charge in [0.05, 0.1) is 26.5 Å². The van der Waals surface area contributed by atoms with E-state index in [2.05, 4.69) is 50.8 Å². The van der Waals surface area contributed by atoms with Crippen molar-refractivity contribution in [2.75, 3.05) is 32.2 Å². The molecular weight excluding hydrogens is 366 g/mol. The monoisotopic (exact) mass is 393 g/mol. The normalized spacial score (nSPS) is 19.6. The Morgan fingerprint density at radius 1 is 1.00 bits per heavy atom. The topological polar surface area (TPSA) is 65.3 Å². The lowest BCUT2D eigenvalue weighted by Crippen LogP contribution is -2.34. The van der Waals surface area contributed by atoms with E-state index in [0.717, 1.165) is 56.1 Å². The Bertz CT molecular complexity index is 930. The second-order valence-corrected chi connectivity index (χ2v) is 7.53. The summed E-state index contributed by atoms with van der Waals surface area (Å²) in [6.45, 7) is 2.66. The maximum Gasteiger partial charge on any atom is 0.142 e. The molecular formula is C22H27N5O2. The second-order valence-electron chi connectivity index (χ2n) is 7.53. The summed E-state index contributed by atoms with van der Waals surface area (Å²) in [5.74, 6) is 1.80. The molecule has 3 aromatic rings. The number of hydrogen-bond acceptors (Lipinski definition) is 6. The number of benzene rings is 2. The van der Waals surface area contributed by atoms with Gasteiger partial charge in [-0.1, -0.05) is 24.3 Å². The molecule has 152 valence electrons. The fourth-order valence-corrected chi connectivity index (χ4v) is 4.38. The van der Waals surface area contributed by atoms with Crippen LogP contribution in [0.15, 0.2) is 54.9 Å². The summed E-state index contributed by atoms with van der Waals surface area (Å²) < 4.78 is 13.0. The largest absolute Gasteiger partial charge is 0.497 e. The lowest BCUT2D eigenvalue weighted by molar-refractivity contribution is 0.306. The predicted molar refractivity (Wildman–Crippen MR) is 112 cm³/mol. The van der Waals surface area contributed by atoms with E-state index < -0.39 is 0 Å². The second kappa shape index (κ2) is 8.51. The maximum absolute atomic E-state index is 5.60.